The molecule has 2 aliphatic heterocycles. The minimum absolute atomic E-state index is 0.141. The van der Waals surface area contributed by atoms with Gasteiger partial charge in [-0.25, -0.2) is 14.8 Å². The third-order valence-corrected chi connectivity index (χ3v) is 5.58. The highest BCUT2D eigenvalue weighted by molar-refractivity contribution is 5.79. The van der Waals surface area contributed by atoms with Gasteiger partial charge in [-0.1, -0.05) is 6.92 Å². The molecule has 4 rings (SSSR count). The first-order valence-corrected chi connectivity index (χ1v) is 10.9. The fourth-order valence-electron chi connectivity index (χ4n) is 4.11. The normalized spacial score (nSPS) is 22.2. The summed E-state index contributed by atoms with van der Waals surface area (Å²) in [6.07, 6.45) is 2.99. The summed E-state index contributed by atoms with van der Waals surface area (Å²) in [7, 11) is 0. The lowest BCUT2D eigenvalue weighted by atomic mass is 10.2. The first-order valence-electron chi connectivity index (χ1n) is 10.9. The number of imidazole rings is 1. The van der Waals surface area contributed by atoms with Gasteiger partial charge in [-0.3, -0.25) is 4.57 Å². The number of likely N-dealkylation sites (tertiary alicyclic amines) is 1. The van der Waals surface area contributed by atoms with Gasteiger partial charge in [0.25, 0.3) is 0 Å². The number of carbonyl (C=O) groups excluding carboxylic acids is 1. The monoisotopic (exact) mass is 416 g/mol. The Morgan fingerprint density at radius 3 is 2.67 bits per heavy atom. The number of fused-ring (bicyclic) bond motifs is 1. The fraction of sp³-hybridized carbons (Fsp3) is 0.714. The van der Waals surface area contributed by atoms with E-state index in [2.05, 4.69) is 33.3 Å². The van der Waals surface area contributed by atoms with E-state index < -0.39 is 5.60 Å². The van der Waals surface area contributed by atoms with Crippen LogP contribution in [0.2, 0.25) is 0 Å². The number of ether oxygens (including phenoxy) is 2. The van der Waals surface area contributed by atoms with Crippen LogP contribution in [0.5, 0.6) is 5.88 Å². The molecule has 2 aromatic heterocycles. The molecule has 0 spiro atoms. The molecule has 1 amide bonds. The molecule has 0 N–H and O–H groups in total. The molecule has 0 radical (unpaired) electrons. The Morgan fingerprint density at radius 2 is 2.00 bits per heavy atom. The van der Waals surface area contributed by atoms with E-state index in [1.54, 1.807) is 4.90 Å². The number of amides is 1. The molecule has 9 heteroatoms. The predicted octanol–water partition coefficient (Wildman–Crippen LogP) is 3.08. The minimum Gasteiger partial charge on any atom is -0.471 e. The van der Waals surface area contributed by atoms with Crippen molar-refractivity contribution in [3.05, 3.63) is 6.33 Å². The van der Waals surface area contributed by atoms with Gasteiger partial charge in [0.1, 0.15) is 18.0 Å². The van der Waals surface area contributed by atoms with Gasteiger partial charge < -0.3 is 19.3 Å². The second-order valence-electron chi connectivity index (χ2n) is 9.30. The van der Waals surface area contributed by atoms with E-state index in [0.29, 0.717) is 30.4 Å². The first-order chi connectivity index (χ1) is 14.2. The highest BCUT2D eigenvalue weighted by Crippen LogP contribution is 2.30. The molecule has 0 aliphatic carbocycles. The van der Waals surface area contributed by atoms with Crippen LogP contribution in [-0.4, -0.2) is 68.4 Å². The standard InChI is InChI=1S/C21H32N6O3/c1-6-27-17-16(24-19(27)25-9-7-14(2)11-25)18(23-13-22-17)29-15-8-10-26(12-15)20(28)30-21(3,4)5/h13-15H,6-12H2,1-5H3. The number of rotatable bonds is 4. The average Bonchev–Trinajstić information content (AvgIpc) is 3.38. The Hall–Kier alpha value is -2.58. The molecule has 2 fully saturated rings. The zero-order valence-corrected chi connectivity index (χ0v) is 18.6. The van der Waals surface area contributed by atoms with Crippen molar-refractivity contribution < 1.29 is 14.3 Å². The number of aryl methyl sites for hydroxylation is 1. The average molecular weight is 417 g/mol. The van der Waals surface area contributed by atoms with E-state index in [9.17, 15) is 4.79 Å². The van der Waals surface area contributed by atoms with Crippen LogP contribution in [0.1, 0.15) is 47.5 Å². The van der Waals surface area contributed by atoms with Crippen molar-refractivity contribution in [2.45, 2.75) is 65.7 Å². The van der Waals surface area contributed by atoms with Crippen LogP contribution in [0.25, 0.3) is 11.2 Å². The Balaban J connectivity index is 1.52. The predicted molar refractivity (Wildman–Crippen MR) is 114 cm³/mol. The first kappa shape index (κ1) is 20.7. The van der Waals surface area contributed by atoms with Gasteiger partial charge >= 0.3 is 6.09 Å². The van der Waals surface area contributed by atoms with E-state index in [-0.39, 0.29) is 12.2 Å². The SMILES string of the molecule is CCn1c(N2CCC(C)C2)nc2c(OC3CCN(C(=O)OC(C)(C)C)C3)ncnc21. The summed E-state index contributed by atoms with van der Waals surface area (Å²) >= 11 is 0. The third-order valence-electron chi connectivity index (χ3n) is 5.58. The fourth-order valence-corrected chi connectivity index (χ4v) is 4.11. The van der Waals surface area contributed by atoms with Crippen molar-refractivity contribution in [3.63, 3.8) is 0 Å². The lowest BCUT2D eigenvalue weighted by molar-refractivity contribution is 0.0275. The van der Waals surface area contributed by atoms with Crippen molar-refractivity contribution in [1.29, 1.82) is 0 Å². The quantitative estimate of drug-likeness (QED) is 0.757. The van der Waals surface area contributed by atoms with E-state index in [4.69, 9.17) is 14.5 Å². The Labute approximate surface area is 177 Å². The Morgan fingerprint density at radius 1 is 1.20 bits per heavy atom. The molecule has 2 unspecified atom stereocenters. The van der Waals surface area contributed by atoms with Gasteiger partial charge in [0.15, 0.2) is 11.2 Å². The van der Waals surface area contributed by atoms with Crippen LogP contribution in [0.3, 0.4) is 0 Å². The number of aromatic nitrogens is 4. The molecule has 2 aliphatic rings. The minimum atomic E-state index is -0.509. The Kier molecular flexibility index (Phi) is 5.46. The maximum Gasteiger partial charge on any atom is 0.410 e. The Bertz CT molecular complexity index is 921. The summed E-state index contributed by atoms with van der Waals surface area (Å²) in [5.74, 6) is 2.08. The summed E-state index contributed by atoms with van der Waals surface area (Å²) < 4.78 is 13.8. The van der Waals surface area contributed by atoms with Crippen LogP contribution < -0.4 is 9.64 Å². The smallest absolute Gasteiger partial charge is 0.410 e. The highest BCUT2D eigenvalue weighted by Gasteiger charge is 2.32. The zero-order valence-electron chi connectivity index (χ0n) is 18.6. The van der Waals surface area contributed by atoms with Crippen molar-refractivity contribution in [1.82, 2.24) is 24.4 Å². The summed E-state index contributed by atoms with van der Waals surface area (Å²) in [5, 5.41) is 0. The van der Waals surface area contributed by atoms with Gasteiger partial charge in [0.05, 0.1) is 6.54 Å². The molecular weight excluding hydrogens is 384 g/mol. The molecule has 0 saturated carbocycles. The van der Waals surface area contributed by atoms with Crippen LogP contribution in [0, 0.1) is 5.92 Å². The second-order valence-corrected chi connectivity index (χ2v) is 9.30. The summed E-state index contributed by atoms with van der Waals surface area (Å²) in [6, 6.07) is 0. The molecule has 9 nitrogen and oxygen atoms in total. The van der Waals surface area contributed by atoms with E-state index in [1.165, 1.54) is 12.7 Å². The number of hydrogen-bond donors (Lipinski definition) is 0. The molecule has 2 aromatic rings. The van der Waals surface area contributed by atoms with Crippen LogP contribution >= 0.6 is 0 Å². The van der Waals surface area contributed by atoms with Gasteiger partial charge in [-0.05, 0) is 40.0 Å². The summed E-state index contributed by atoms with van der Waals surface area (Å²) in [4.78, 5) is 30.1. The lowest BCUT2D eigenvalue weighted by Crippen LogP contribution is -2.36. The molecule has 2 saturated heterocycles. The molecular formula is C21H32N6O3. The molecule has 4 heterocycles. The van der Waals surface area contributed by atoms with Crippen molar-refractivity contribution >= 4 is 23.2 Å². The summed E-state index contributed by atoms with van der Waals surface area (Å²) in [5.41, 5.74) is 0.967. The molecule has 30 heavy (non-hydrogen) atoms. The number of nitrogens with zero attached hydrogens (tertiary/aromatic N) is 6. The van der Waals surface area contributed by atoms with Crippen molar-refractivity contribution in [3.8, 4) is 5.88 Å². The lowest BCUT2D eigenvalue weighted by Gasteiger charge is -2.24. The molecule has 0 aromatic carbocycles. The number of carbonyl (C=O) groups is 1. The van der Waals surface area contributed by atoms with Gasteiger partial charge in [-0.2, -0.15) is 4.98 Å². The zero-order chi connectivity index (χ0) is 21.5. The molecule has 0 bridgehead atoms. The van der Waals surface area contributed by atoms with E-state index in [1.807, 2.05) is 20.8 Å². The number of anilines is 1. The van der Waals surface area contributed by atoms with Gasteiger partial charge in [-0.15, -0.1) is 0 Å². The molecule has 164 valence electrons. The highest BCUT2D eigenvalue weighted by atomic mass is 16.6. The van der Waals surface area contributed by atoms with E-state index in [0.717, 1.165) is 37.7 Å². The van der Waals surface area contributed by atoms with Crippen molar-refractivity contribution in [2.75, 3.05) is 31.1 Å². The van der Waals surface area contributed by atoms with Gasteiger partial charge in [0, 0.05) is 32.6 Å². The topological polar surface area (TPSA) is 85.6 Å². The van der Waals surface area contributed by atoms with Crippen LogP contribution in [0.15, 0.2) is 6.33 Å². The van der Waals surface area contributed by atoms with Crippen LogP contribution in [0.4, 0.5) is 10.7 Å². The van der Waals surface area contributed by atoms with Crippen molar-refractivity contribution in [2.24, 2.45) is 5.92 Å². The largest absolute Gasteiger partial charge is 0.471 e. The van der Waals surface area contributed by atoms with Crippen LogP contribution in [-0.2, 0) is 11.3 Å². The third kappa shape index (κ3) is 4.15. The summed E-state index contributed by atoms with van der Waals surface area (Å²) in [6.45, 7) is 13.8. The molecule has 2 atom stereocenters. The second kappa shape index (κ2) is 7.92. The number of hydrogen-bond acceptors (Lipinski definition) is 7. The maximum atomic E-state index is 12.3. The van der Waals surface area contributed by atoms with Gasteiger partial charge in [0.2, 0.25) is 11.8 Å². The maximum absolute atomic E-state index is 12.3. The van der Waals surface area contributed by atoms with E-state index >= 15 is 0 Å².